The van der Waals surface area contributed by atoms with Crippen molar-refractivity contribution in [2.24, 2.45) is 0 Å². The van der Waals surface area contributed by atoms with E-state index in [0.717, 1.165) is 36.6 Å². The molecule has 0 amide bonds. The van der Waals surface area contributed by atoms with Gasteiger partial charge in [-0.25, -0.2) is 0 Å². The van der Waals surface area contributed by atoms with Crippen LogP contribution in [0.4, 0.5) is 0 Å². The maximum Gasteiger partial charge on any atom is 0.165 e. The number of para-hydroxylation sites is 1. The van der Waals surface area contributed by atoms with Crippen molar-refractivity contribution in [2.75, 3.05) is 26.4 Å². The Hall–Kier alpha value is -1.26. The fraction of sp³-hybridized carbons (Fsp3) is 0.647. The number of hydrogen-bond acceptors (Lipinski definition) is 4. The van der Waals surface area contributed by atoms with Gasteiger partial charge in [-0.05, 0) is 39.8 Å². The first-order valence-electron chi connectivity index (χ1n) is 7.88. The van der Waals surface area contributed by atoms with E-state index in [4.69, 9.17) is 14.2 Å². The molecular formula is C17H29NO3. The van der Waals surface area contributed by atoms with Crippen molar-refractivity contribution in [2.45, 2.75) is 46.8 Å². The molecule has 0 radical (unpaired) electrons. The topological polar surface area (TPSA) is 39.7 Å². The Kier molecular flexibility index (Phi) is 8.87. The molecule has 4 nitrogen and oxygen atoms in total. The molecule has 0 atom stereocenters. The van der Waals surface area contributed by atoms with Crippen molar-refractivity contribution < 1.29 is 14.2 Å². The fourth-order valence-corrected chi connectivity index (χ4v) is 1.96. The smallest absolute Gasteiger partial charge is 0.165 e. The van der Waals surface area contributed by atoms with E-state index in [-0.39, 0.29) is 6.10 Å². The molecule has 0 bridgehead atoms. The lowest BCUT2D eigenvalue weighted by Crippen LogP contribution is -2.16. The van der Waals surface area contributed by atoms with E-state index in [1.807, 2.05) is 32.9 Å². The summed E-state index contributed by atoms with van der Waals surface area (Å²) >= 11 is 0. The number of rotatable bonds is 11. The molecule has 0 aliphatic rings. The zero-order valence-corrected chi connectivity index (χ0v) is 13.8. The van der Waals surface area contributed by atoms with Crippen LogP contribution in [-0.2, 0) is 11.3 Å². The lowest BCUT2D eigenvalue weighted by atomic mass is 10.2. The summed E-state index contributed by atoms with van der Waals surface area (Å²) in [5.41, 5.74) is 1.12. The first-order valence-corrected chi connectivity index (χ1v) is 7.88. The van der Waals surface area contributed by atoms with Crippen molar-refractivity contribution in [3.8, 4) is 11.5 Å². The zero-order valence-electron chi connectivity index (χ0n) is 13.8. The van der Waals surface area contributed by atoms with Gasteiger partial charge in [0.05, 0.1) is 19.3 Å². The Balaban J connectivity index is 2.69. The molecule has 0 fully saturated rings. The van der Waals surface area contributed by atoms with E-state index < -0.39 is 0 Å². The second-order valence-electron chi connectivity index (χ2n) is 5.12. The molecule has 0 spiro atoms. The lowest BCUT2D eigenvalue weighted by molar-refractivity contribution is 0.0543. The van der Waals surface area contributed by atoms with Crippen LogP contribution >= 0.6 is 0 Å². The summed E-state index contributed by atoms with van der Waals surface area (Å²) < 4.78 is 17.1. The van der Waals surface area contributed by atoms with Crippen LogP contribution in [0.15, 0.2) is 18.2 Å². The van der Waals surface area contributed by atoms with Crippen LogP contribution in [0, 0.1) is 0 Å². The maximum absolute atomic E-state index is 5.91. The third-order valence-corrected chi connectivity index (χ3v) is 2.88. The van der Waals surface area contributed by atoms with E-state index in [9.17, 15) is 0 Å². The molecule has 21 heavy (non-hydrogen) atoms. The minimum atomic E-state index is 0.224. The van der Waals surface area contributed by atoms with Crippen LogP contribution in [0.3, 0.4) is 0 Å². The Labute approximate surface area is 128 Å². The third-order valence-electron chi connectivity index (χ3n) is 2.88. The average molecular weight is 295 g/mol. The van der Waals surface area contributed by atoms with E-state index in [1.54, 1.807) is 0 Å². The van der Waals surface area contributed by atoms with Gasteiger partial charge in [-0.2, -0.15) is 0 Å². The quantitative estimate of drug-likeness (QED) is 0.635. The predicted octanol–water partition coefficient (Wildman–Crippen LogP) is 3.39. The van der Waals surface area contributed by atoms with Gasteiger partial charge in [0, 0.05) is 12.1 Å². The highest BCUT2D eigenvalue weighted by Crippen LogP contribution is 2.31. The van der Waals surface area contributed by atoms with Crippen LogP contribution in [0.2, 0.25) is 0 Å². The average Bonchev–Trinajstić information content (AvgIpc) is 2.46. The summed E-state index contributed by atoms with van der Waals surface area (Å²) in [5, 5.41) is 3.40. The maximum atomic E-state index is 5.91. The molecule has 120 valence electrons. The summed E-state index contributed by atoms with van der Waals surface area (Å²) in [6, 6.07) is 6.03. The minimum absolute atomic E-state index is 0.224. The second kappa shape index (κ2) is 10.5. The molecule has 0 aliphatic heterocycles. The van der Waals surface area contributed by atoms with E-state index in [1.165, 1.54) is 0 Å². The van der Waals surface area contributed by atoms with Gasteiger partial charge >= 0.3 is 0 Å². The minimum Gasteiger partial charge on any atom is -0.490 e. The summed E-state index contributed by atoms with van der Waals surface area (Å²) in [4.78, 5) is 0. The molecule has 4 heteroatoms. The molecule has 1 aromatic carbocycles. The molecule has 1 rings (SSSR count). The Morgan fingerprint density at radius 2 is 1.90 bits per heavy atom. The van der Waals surface area contributed by atoms with Crippen molar-refractivity contribution in [1.82, 2.24) is 5.32 Å². The van der Waals surface area contributed by atoms with Crippen molar-refractivity contribution in [3.05, 3.63) is 23.8 Å². The standard InChI is InChI=1S/C17H29NO3/c1-5-10-18-13-15-8-7-9-16(19-6-2)17(15)21-12-11-20-14(3)4/h7-9,14,18H,5-6,10-13H2,1-4H3. The first-order chi connectivity index (χ1) is 10.2. The fourth-order valence-electron chi connectivity index (χ4n) is 1.96. The highest BCUT2D eigenvalue weighted by Gasteiger charge is 2.11. The summed E-state index contributed by atoms with van der Waals surface area (Å²) in [5.74, 6) is 1.63. The van der Waals surface area contributed by atoms with Crippen molar-refractivity contribution in [3.63, 3.8) is 0 Å². The monoisotopic (exact) mass is 295 g/mol. The van der Waals surface area contributed by atoms with Gasteiger partial charge < -0.3 is 19.5 Å². The Bertz CT molecular complexity index is 394. The van der Waals surface area contributed by atoms with Gasteiger partial charge in [0.25, 0.3) is 0 Å². The molecule has 0 unspecified atom stereocenters. The number of ether oxygens (including phenoxy) is 3. The first kappa shape index (κ1) is 17.8. The van der Waals surface area contributed by atoms with Gasteiger partial charge in [-0.3, -0.25) is 0 Å². The van der Waals surface area contributed by atoms with Crippen LogP contribution in [0.25, 0.3) is 0 Å². The van der Waals surface area contributed by atoms with Gasteiger partial charge in [0.1, 0.15) is 6.61 Å². The van der Waals surface area contributed by atoms with Crippen molar-refractivity contribution in [1.29, 1.82) is 0 Å². The normalized spacial score (nSPS) is 10.9. The SMILES string of the molecule is CCCNCc1cccc(OCC)c1OCCOC(C)C. The molecule has 0 saturated carbocycles. The Morgan fingerprint density at radius 1 is 1.10 bits per heavy atom. The van der Waals surface area contributed by atoms with Gasteiger partial charge in [0.15, 0.2) is 11.5 Å². The van der Waals surface area contributed by atoms with Crippen LogP contribution < -0.4 is 14.8 Å². The van der Waals surface area contributed by atoms with Crippen LogP contribution in [-0.4, -0.2) is 32.5 Å². The summed E-state index contributed by atoms with van der Waals surface area (Å²) in [6.45, 7) is 11.7. The molecule has 0 saturated heterocycles. The molecule has 0 aromatic heterocycles. The number of nitrogens with one attached hydrogen (secondary N) is 1. The summed E-state index contributed by atoms with van der Waals surface area (Å²) in [6.07, 6.45) is 1.34. The molecular weight excluding hydrogens is 266 g/mol. The highest BCUT2D eigenvalue weighted by molar-refractivity contribution is 5.46. The van der Waals surface area contributed by atoms with E-state index in [0.29, 0.717) is 19.8 Å². The largest absolute Gasteiger partial charge is 0.490 e. The molecule has 0 heterocycles. The van der Waals surface area contributed by atoms with E-state index in [2.05, 4.69) is 18.3 Å². The number of hydrogen-bond donors (Lipinski definition) is 1. The second-order valence-corrected chi connectivity index (χ2v) is 5.12. The molecule has 1 aromatic rings. The van der Waals surface area contributed by atoms with Crippen LogP contribution in [0.5, 0.6) is 11.5 Å². The number of benzene rings is 1. The van der Waals surface area contributed by atoms with Gasteiger partial charge in [0.2, 0.25) is 0 Å². The highest BCUT2D eigenvalue weighted by atomic mass is 16.5. The summed E-state index contributed by atoms with van der Waals surface area (Å²) in [7, 11) is 0. The Morgan fingerprint density at radius 3 is 2.57 bits per heavy atom. The van der Waals surface area contributed by atoms with Gasteiger partial charge in [-0.1, -0.05) is 19.1 Å². The molecule has 1 N–H and O–H groups in total. The van der Waals surface area contributed by atoms with Gasteiger partial charge in [-0.15, -0.1) is 0 Å². The van der Waals surface area contributed by atoms with E-state index >= 15 is 0 Å². The molecule has 0 aliphatic carbocycles. The zero-order chi connectivity index (χ0) is 15.5. The van der Waals surface area contributed by atoms with Crippen LogP contribution in [0.1, 0.15) is 39.7 Å². The predicted molar refractivity (Wildman–Crippen MR) is 86.2 cm³/mol. The third kappa shape index (κ3) is 6.82. The lowest BCUT2D eigenvalue weighted by Gasteiger charge is -2.17. The van der Waals surface area contributed by atoms with Crippen molar-refractivity contribution >= 4 is 0 Å².